The Kier molecular flexibility index (Phi) is 6.36. The summed E-state index contributed by atoms with van der Waals surface area (Å²) >= 11 is 0. The van der Waals surface area contributed by atoms with Crippen molar-refractivity contribution in [3.8, 4) is 0 Å². The van der Waals surface area contributed by atoms with Crippen LogP contribution in [-0.2, 0) is 14.3 Å². The standard InChI is InChI=1S/C11H21NO3/c1-2-14-11(13)6-8-12-7-5-10-4-3-9-15-10/h10,12H,2-9H2,1H3. The van der Waals surface area contributed by atoms with Gasteiger partial charge >= 0.3 is 5.97 Å². The van der Waals surface area contributed by atoms with Gasteiger partial charge in [-0.25, -0.2) is 0 Å². The molecular weight excluding hydrogens is 194 g/mol. The summed E-state index contributed by atoms with van der Waals surface area (Å²) in [4.78, 5) is 11.0. The van der Waals surface area contributed by atoms with Crippen LogP contribution in [0.25, 0.3) is 0 Å². The molecule has 1 rings (SSSR count). The van der Waals surface area contributed by atoms with Crippen LogP contribution < -0.4 is 5.32 Å². The summed E-state index contributed by atoms with van der Waals surface area (Å²) in [6, 6.07) is 0. The smallest absolute Gasteiger partial charge is 0.307 e. The molecule has 4 nitrogen and oxygen atoms in total. The average Bonchev–Trinajstić information content (AvgIpc) is 2.70. The topological polar surface area (TPSA) is 47.6 Å². The van der Waals surface area contributed by atoms with Crippen molar-refractivity contribution < 1.29 is 14.3 Å². The molecule has 1 atom stereocenters. The van der Waals surface area contributed by atoms with Gasteiger partial charge in [-0.3, -0.25) is 4.79 Å². The lowest BCUT2D eigenvalue weighted by molar-refractivity contribution is -0.142. The highest BCUT2D eigenvalue weighted by Gasteiger charge is 2.14. The molecule has 1 saturated heterocycles. The molecule has 1 heterocycles. The minimum atomic E-state index is -0.123. The number of esters is 1. The molecule has 4 heteroatoms. The maximum Gasteiger partial charge on any atom is 0.307 e. The molecule has 0 aliphatic carbocycles. The number of hydrogen-bond acceptors (Lipinski definition) is 4. The predicted octanol–water partition coefficient (Wildman–Crippen LogP) is 1.10. The summed E-state index contributed by atoms with van der Waals surface area (Å²) < 4.78 is 10.3. The van der Waals surface area contributed by atoms with Crippen LogP contribution >= 0.6 is 0 Å². The minimum absolute atomic E-state index is 0.123. The van der Waals surface area contributed by atoms with Crippen molar-refractivity contribution in [1.29, 1.82) is 0 Å². The third kappa shape index (κ3) is 5.74. The Morgan fingerprint density at radius 3 is 3.07 bits per heavy atom. The monoisotopic (exact) mass is 215 g/mol. The van der Waals surface area contributed by atoms with Crippen molar-refractivity contribution in [2.75, 3.05) is 26.3 Å². The van der Waals surface area contributed by atoms with Gasteiger partial charge in [0.25, 0.3) is 0 Å². The summed E-state index contributed by atoms with van der Waals surface area (Å²) in [5, 5.41) is 3.22. The fourth-order valence-corrected chi connectivity index (χ4v) is 1.68. The molecule has 1 aliphatic heterocycles. The summed E-state index contributed by atoms with van der Waals surface area (Å²) in [5.74, 6) is -0.123. The highest BCUT2D eigenvalue weighted by atomic mass is 16.5. The van der Waals surface area contributed by atoms with Crippen LogP contribution in [0.1, 0.15) is 32.6 Å². The first-order chi connectivity index (χ1) is 7.33. The molecule has 88 valence electrons. The second-order valence-electron chi connectivity index (χ2n) is 3.73. The van der Waals surface area contributed by atoms with Gasteiger partial charge in [0.2, 0.25) is 0 Å². The van der Waals surface area contributed by atoms with Crippen molar-refractivity contribution >= 4 is 5.97 Å². The average molecular weight is 215 g/mol. The van der Waals surface area contributed by atoms with Gasteiger partial charge in [-0.2, -0.15) is 0 Å². The second kappa shape index (κ2) is 7.65. The minimum Gasteiger partial charge on any atom is -0.466 e. The van der Waals surface area contributed by atoms with Crippen molar-refractivity contribution in [3.63, 3.8) is 0 Å². The van der Waals surface area contributed by atoms with Gasteiger partial charge in [-0.15, -0.1) is 0 Å². The molecule has 0 saturated carbocycles. The van der Waals surface area contributed by atoms with Crippen molar-refractivity contribution in [1.82, 2.24) is 5.32 Å². The molecular formula is C11H21NO3. The Morgan fingerprint density at radius 1 is 1.53 bits per heavy atom. The second-order valence-corrected chi connectivity index (χ2v) is 3.73. The number of nitrogens with one attached hydrogen (secondary N) is 1. The Hall–Kier alpha value is -0.610. The number of hydrogen-bond donors (Lipinski definition) is 1. The summed E-state index contributed by atoms with van der Waals surface area (Å²) in [6.45, 7) is 4.82. The van der Waals surface area contributed by atoms with Crippen LogP contribution in [0.5, 0.6) is 0 Å². The molecule has 1 N–H and O–H groups in total. The Labute approximate surface area is 91.3 Å². The van der Waals surface area contributed by atoms with Gasteiger partial charge in [-0.1, -0.05) is 0 Å². The Balaban J connectivity index is 1.86. The van der Waals surface area contributed by atoms with E-state index in [2.05, 4.69) is 5.32 Å². The molecule has 0 bridgehead atoms. The first kappa shape index (κ1) is 12.5. The fraction of sp³-hybridized carbons (Fsp3) is 0.909. The maximum absolute atomic E-state index is 11.0. The van der Waals surface area contributed by atoms with Crippen LogP contribution in [0.2, 0.25) is 0 Å². The lowest BCUT2D eigenvalue weighted by atomic mass is 10.2. The molecule has 0 aromatic carbocycles. The van der Waals surface area contributed by atoms with Crippen LogP contribution in [0.15, 0.2) is 0 Å². The highest BCUT2D eigenvalue weighted by molar-refractivity contribution is 5.69. The molecule has 0 aromatic heterocycles. The van der Waals surface area contributed by atoms with Crippen molar-refractivity contribution in [2.45, 2.75) is 38.7 Å². The first-order valence-electron chi connectivity index (χ1n) is 5.81. The Morgan fingerprint density at radius 2 is 2.40 bits per heavy atom. The van der Waals surface area contributed by atoms with Crippen LogP contribution in [0, 0.1) is 0 Å². The molecule has 0 amide bonds. The van der Waals surface area contributed by atoms with Crippen molar-refractivity contribution in [2.24, 2.45) is 0 Å². The lowest BCUT2D eigenvalue weighted by Gasteiger charge is -2.09. The molecule has 0 radical (unpaired) electrons. The lowest BCUT2D eigenvalue weighted by Crippen LogP contribution is -2.23. The third-order valence-electron chi connectivity index (χ3n) is 2.48. The van der Waals surface area contributed by atoms with Crippen molar-refractivity contribution in [3.05, 3.63) is 0 Å². The van der Waals surface area contributed by atoms with Gasteiger partial charge < -0.3 is 14.8 Å². The zero-order chi connectivity index (χ0) is 10.9. The van der Waals surface area contributed by atoms with E-state index in [9.17, 15) is 4.79 Å². The molecule has 1 fully saturated rings. The number of carbonyl (C=O) groups is 1. The normalized spacial score (nSPS) is 20.5. The van der Waals surface area contributed by atoms with Crippen LogP contribution in [0.3, 0.4) is 0 Å². The van der Waals surface area contributed by atoms with Crippen LogP contribution in [-0.4, -0.2) is 38.4 Å². The summed E-state index contributed by atoms with van der Waals surface area (Å²) in [5.41, 5.74) is 0. The van der Waals surface area contributed by atoms with E-state index in [1.165, 1.54) is 12.8 Å². The van der Waals surface area contributed by atoms with E-state index in [1.807, 2.05) is 6.92 Å². The van der Waals surface area contributed by atoms with Gasteiger partial charge in [0, 0.05) is 13.2 Å². The molecule has 1 aliphatic rings. The largest absolute Gasteiger partial charge is 0.466 e. The SMILES string of the molecule is CCOC(=O)CCNCCC1CCCO1. The summed E-state index contributed by atoms with van der Waals surface area (Å²) in [6.07, 6.45) is 4.30. The van der Waals surface area contributed by atoms with E-state index in [0.717, 1.165) is 19.6 Å². The summed E-state index contributed by atoms with van der Waals surface area (Å²) in [7, 11) is 0. The van der Waals surface area contributed by atoms with E-state index in [4.69, 9.17) is 9.47 Å². The molecule has 1 unspecified atom stereocenters. The maximum atomic E-state index is 11.0. The van der Waals surface area contributed by atoms with E-state index < -0.39 is 0 Å². The van der Waals surface area contributed by atoms with Gasteiger partial charge in [-0.05, 0) is 32.7 Å². The predicted molar refractivity (Wildman–Crippen MR) is 57.7 cm³/mol. The third-order valence-corrected chi connectivity index (χ3v) is 2.48. The van der Waals surface area contributed by atoms with E-state index in [-0.39, 0.29) is 5.97 Å². The number of ether oxygens (including phenoxy) is 2. The van der Waals surface area contributed by atoms with Gasteiger partial charge in [0.05, 0.1) is 19.1 Å². The zero-order valence-electron chi connectivity index (χ0n) is 9.46. The molecule has 0 spiro atoms. The van der Waals surface area contributed by atoms with E-state index >= 15 is 0 Å². The fourth-order valence-electron chi connectivity index (χ4n) is 1.68. The first-order valence-corrected chi connectivity index (χ1v) is 5.81. The quantitative estimate of drug-likeness (QED) is 0.510. The van der Waals surface area contributed by atoms with Gasteiger partial charge in [0.15, 0.2) is 0 Å². The number of carbonyl (C=O) groups excluding carboxylic acids is 1. The number of rotatable bonds is 7. The van der Waals surface area contributed by atoms with Crippen LogP contribution in [0.4, 0.5) is 0 Å². The zero-order valence-corrected chi connectivity index (χ0v) is 9.46. The Bertz CT molecular complexity index is 179. The van der Waals surface area contributed by atoms with E-state index in [0.29, 0.717) is 25.7 Å². The molecule has 15 heavy (non-hydrogen) atoms. The van der Waals surface area contributed by atoms with Gasteiger partial charge in [0.1, 0.15) is 0 Å². The highest BCUT2D eigenvalue weighted by Crippen LogP contribution is 2.14. The van der Waals surface area contributed by atoms with E-state index in [1.54, 1.807) is 0 Å². The molecule has 0 aromatic rings.